The van der Waals surface area contributed by atoms with Crippen LogP contribution in [0.4, 0.5) is 5.69 Å². The summed E-state index contributed by atoms with van der Waals surface area (Å²) in [6.07, 6.45) is 1.12. The van der Waals surface area contributed by atoms with Crippen LogP contribution in [0, 0.1) is 17.8 Å². The van der Waals surface area contributed by atoms with Crippen molar-refractivity contribution in [3.8, 4) is 0 Å². The van der Waals surface area contributed by atoms with Crippen LogP contribution >= 0.6 is 11.6 Å². The van der Waals surface area contributed by atoms with Crippen LogP contribution in [-0.4, -0.2) is 64.8 Å². The SMILES string of the molecule is CCOC(=O)[C@@H]1[C@H]2C(=O)N([C@@H](CO)CC(C)C)C(C(=O)Nc3ccc(Cl)cc3)C23CC[C@H]1O3. The van der Waals surface area contributed by atoms with Gasteiger partial charge in [-0.3, -0.25) is 14.4 Å². The quantitative estimate of drug-likeness (QED) is 0.556. The monoisotopic (exact) mass is 478 g/mol. The first kappa shape index (κ1) is 24.0. The molecule has 3 fully saturated rings. The number of carbonyl (C=O) groups excluding carboxylic acids is 3. The normalized spacial score (nSPS) is 31.1. The second-order valence-corrected chi connectivity index (χ2v) is 9.95. The van der Waals surface area contributed by atoms with E-state index in [9.17, 15) is 19.5 Å². The number of anilines is 1. The summed E-state index contributed by atoms with van der Waals surface area (Å²) in [6, 6.07) is 5.17. The van der Waals surface area contributed by atoms with Gasteiger partial charge in [-0.1, -0.05) is 25.4 Å². The number of aliphatic hydroxyl groups is 1. The number of likely N-dealkylation sites (tertiary alicyclic amines) is 1. The number of ether oxygens (including phenoxy) is 2. The lowest BCUT2D eigenvalue weighted by atomic mass is 9.70. The van der Waals surface area contributed by atoms with E-state index in [1.165, 1.54) is 4.90 Å². The number of esters is 1. The molecule has 2 unspecified atom stereocenters. The number of benzene rings is 1. The summed E-state index contributed by atoms with van der Waals surface area (Å²) in [6.45, 7) is 5.62. The Morgan fingerprint density at radius 1 is 1.33 bits per heavy atom. The third-order valence-corrected chi connectivity index (χ3v) is 7.26. The molecule has 3 saturated heterocycles. The van der Waals surface area contributed by atoms with Gasteiger partial charge in [-0.15, -0.1) is 0 Å². The molecule has 180 valence electrons. The van der Waals surface area contributed by atoms with Crippen molar-refractivity contribution in [1.29, 1.82) is 0 Å². The van der Waals surface area contributed by atoms with E-state index in [0.717, 1.165) is 0 Å². The Morgan fingerprint density at radius 2 is 2.03 bits per heavy atom. The molecule has 4 rings (SSSR count). The first-order valence-electron chi connectivity index (χ1n) is 11.6. The van der Waals surface area contributed by atoms with Gasteiger partial charge >= 0.3 is 5.97 Å². The lowest BCUT2D eigenvalue weighted by Gasteiger charge is -2.37. The summed E-state index contributed by atoms with van der Waals surface area (Å²) in [5.41, 5.74) is -0.587. The zero-order valence-electron chi connectivity index (χ0n) is 19.1. The Kier molecular flexibility index (Phi) is 6.71. The predicted molar refractivity (Wildman–Crippen MR) is 121 cm³/mol. The average molecular weight is 479 g/mol. The van der Waals surface area contributed by atoms with E-state index in [1.807, 2.05) is 13.8 Å². The Hall–Kier alpha value is -2.16. The van der Waals surface area contributed by atoms with Crippen LogP contribution < -0.4 is 5.32 Å². The zero-order chi connectivity index (χ0) is 23.9. The highest BCUT2D eigenvalue weighted by atomic mass is 35.5. The van der Waals surface area contributed by atoms with E-state index in [1.54, 1.807) is 31.2 Å². The minimum atomic E-state index is -1.12. The fourth-order valence-electron chi connectivity index (χ4n) is 5.85. The van der Waals surface area contributed by atoms with Crippen molar-refractivity contribution in [2.75, 3.05) is 18.5 Å². The molecular weight excluding hydrogens is 448 g/mol. The highest BCUT2D eigenvalue weighted by molar-refractivity contribution is 6.30. The van der Waals surface area contributed by atoms with Gasteiger partial charge in [0.25, 0.3) is 0 Å². The number of carbonyl (C=O) groups is 3. The molecule has 2 bridgehead atoms. The Balaban J connectivity index is 1.73. The molecule has 9 heteroatoms. The molecule has 33 heavy (non-hydrogen) atoms. The van der Waals surface area contributed by atoms with E-state index in [4.69, 9.17) is 21.1 Å². The number of amides is 2. The molecule has 3 aliphatic rings. The summed E-state index contributed by atoms with van der Waals surface area (Å²) in [4.78, 5) is 41.8. The van der Waals surface area contributed by atoms with Crippen LogP contribution in [0.25, 0.3) is 0 Å². The van der Waals surface area contributed by atoms with Crippen molar-refractivity contribution in [2.24, 2.45) is 17.8 Å². The van der Waals surface area contributed by atoms with Gasteiger partial charge in [-0.05, 0) is 56.4 Å². The highest BCUT2D eigenvalue weighted by Gasteiger charge is 2.75. The van der Waals surface area contributed by atoms with Crippen molar-refractivity contribution in [3.63, 3.8) is 0 Å². The molecule has 3 heterocycles. The molecule has 3 aliphatic heterocycles. The van der Waals surface area contributed by atoms with E-state index in [2.05, 4.69) is 5.32 Å². The van der Waals surface area contributed by atoms with Crippen LogP contribution in [0.3, 0.4) is 0 Å². The summed E-state index contributed by atoms with van der Waals surface area (Å²) >= 11 is 5.96. The molecule has 1 aromatic carbocycles. The summed E-state index contributed by atoms with van der Waals surface area (Å²) in [5.74, 6) is -2.57. The van der Waals surface area contributed by atoms with Gasteiger partial charge in [-0.25, -0.2) is 0 Å². The smallest absolute Gasteiger partial charge is 0.312 e. The van der Waals surface area contributed by atoms with Crippen molar-refractivity contribution < 1.29 is 29.0 Å². The maximum Gasteiger partial charge on any atom is 0.312 e. The maximum absolute atomic E-state index is 13.8. The fourth-order valence-corrected chi connectivity index (χ4v) is 5.98. The Morgan fingerprint density at radius 3 is 2.64 bits per heavy atom. The zero-order valence-corrected chi connectivity index (χ0v) is 19.9. The average Bonchev–Trinajstić information content (AvgIpc) is 3.41. The lowest BCUT2D eigenvalue weighted by Crippen LogP contribution is -2.56. The first-order valence-corrected chi connectivity index (χ1v) is 11.9. The molecule has 2 amide bonds. The number of halogens is 1. The van der Waals surface area contributed by atoms with E-state index >= 15 is 0 Å². The molecule has 0 radical (unpaired) electrons. The van der Waals surface area contributed by atoms with Crippen molar-refractivity contribution >= 4 is 35.1 Å². The van der Waals surface area contributed by atoms with Gasteiger partial charge in [0.2, 0.25) is 11.8 Å². The van der Waals surface area contributed by atoms with Gasteiger partial charge in [-0.2, -0.15) is 0 Å². The fraction of sp³-hybridized carbons (Fsp3) is 0.625. The number of fused-ring (bicyclic) bond motifs is 1. The van der Waals surface area contributed by atoms with Crippen molar-refractivity contribution in [3.05, 3.63) is 29.3 Å². The third-order valence-electron chi connectivity index (χ3n) is 7.00. The molecule has 1 spiro atoms. The van der Waals surface area contributed by atoms with Gasteiger partial charge in [0.1, 0.15) is 11.6 Å². The van der Waals surface area contributed by atoms with Crippen LogP contribution in [0.2, 0.25) is 5.02 Å². The highest BCUT2D eigenvalue weighted by Crippen LogP contribution is 2.59. The lowest BCUT2D eigenvalue weighted by molar-refractivity contribution is -0.155. The van der Waals surface area contributed by atoms with Gasteiger partial charge in [0, 0.05) is 10.7 Å². The second kappa shape index (κ2) is 9.24. The summed E-state index contributed by atoms with van der Waals surface area (Å²) < 4.78 is 11.6. The van der Waals surface area contributed by atoms with Crippen LogP contribution in [0.1, 0.15) is 40.0 Å². The molecule has 6 atom stereocenters. The predicted octanol–water partition coefficient (Wildman–Crippen LogP) is 2.62. The first-order chi connectivity index (χ1) is 15.7. The number of rotatable bonds is 8. The minimum absolute atomic E-state index is 0.186. The van der Waals surface area contributed by atoms with Crippen LogP contribution in [-0.2, 0) is 23.9 Å². The number of nitrogens with one attached hydrogen (secondary N) is 1. The second-order valence-electron chi connectivity index (χ2n) is 9.52. The van der Waals surface area contributed by atoms with E-state index < -0.39 is 47.5 Å². The van der Waals surface area contributed by atoms with E-state index in [-0.39, 0.29) is 25.0 Å². The number of nitrogens with zero attached hydrogens (tertiary/aromatic N) is 1. The minimum Gasteiger partial charge on any atom is -0.466 e. The van der Waals surface area contributed by atoms with E-state index in [0.29, 0.717) is 30.0 Å². The molecular formula is C24H31ClN2O6. The number of hydrogen-bond acceptors (Lipinski definition) is 6. The standard InChI is InChI=1S/C24H31ClN2O6/c1-4-32-23(31)18-17-9-10-24(33-17)19(18)22(30)27(16(12-28)11-13(2)3)20(24)21(29)26-15-7-5-14(25)6-8-15/h5-8,13,16-20,28H,4,9-12H2,1-3H3,(H,26,29)/t16-,17-,18+,19+,20?,24?/m1/s1. The van der Waals surface area contributed by atoms with Gasteiger partial charge in [0.05, 0.1) is 37.2 Å². The summed E-state index contributed by atoms with van der Waals surface area (Å²) in [5, 5.41) is 13.6. The third kappa shape index (κ3) is 4.02. The van der Waals surface area contributed by atoms with Crippen molar-refractivity contribution in [1.82, 2.24) is 4.90 Å². The molecule has 0 saturated carbocycles. The topological polar surface area (TPSA) is 105 Å². The number of aliphatic hydroxyl groups excluding tert-OH is 1. The van der Waals surface area contributed by atoms with Crippen molar-refractivity contribution in [2.45, 2.75) is 63.8 Å². The molecule has 1 aromatic rings. The molecule has 8 nitrogen and oxygen atoms in total. The largest absolute Gasteiger partial charge is 0.466 e. The Bertz CT molecular complexity index is 922. The Labute approximate surface area is 198 Å². The molecule has 0 aliphatic carbocycles. The van der Waals surface area contributed by atoms with Gasteiger partial charge < -0.3 is 24.8 Å². The van der Waals surface area contributed by atoms with Crippen LogP contribution in [0.15, 0.2) is 24.3 Å². The number of hydrogen-bond donors (Lipinski definition) is 2. The van der Waals surface area contributed by atoms with Crippen LogP contribution in [0.5, 0.6) is 0 Å². The van der Waals surface area contributed by atoms with Gasteiger partial charge in [0.15, 0.2) is 0 Å². The molecule has 0 aromatic heterocycles. The summed E-state index contributed by atoms with van der Waals surface area (Å²) in [7, 11) is 0. The molecule has 2 N–H and O–H groups in total. The maximum atomic E-state index is 13.8.